The van der Waals surface area contributed by atoms with E-state index in [1.54, 1.807) is 0 Å². The average molecular weight is 176 g/mol. The lowest BCUT2D eigenvalue weighted by Crippen LogP contribution is -2.33. The van der Waals surface area contributed by atoms with Gasteiger partial charge in [0, 0.05) is 13.5 Å². The first-order chi connectivity index (χ1) is 5.49. The van der Waals surface area contributed by atoms with E-state index >= 15 is 0 Å². The summed E-state index contributed by atoms with van der Waals surface area (Å²) < 4.78 is 4.41. The molecule has 0 aromatic carbocycles. The number of Topliss-reactive ketones (excluding diaryl/α,β-unsaturated/α-hetero) is 1. The number of ether oxygens (including phenoxy) is 1. The monoisotopic (exact) mass is 176 g/mol. The SMILES string of the molecule is COC(C(=O)O)C(=O)CC(C)O. The van der Waals surface area contributed by atoms with Gasteiger partial charge in [0.05, 0.1) is 6.10 Å². The van der Waals surface area contributed by atoms with Crippen molar-refractivity contribution < 1.29 is 24.5 Å². The van der Waals surface area contributed by atoms with Crippen LogP contribution in [0.4, 0.5) is 0 Å². The van der Waals surface area contributed by atoms with Gasteiger partial charge >= 0.3 is 5.97 Å². The number of carbonyl (C=O) groups is 2. The molecule has 0 fully saturated rings. The highest BCUT2D eigenvalue weighted by Gasteiger charge is 2.25. The van der Waals surface area contributed by atoms with Gasteiger partial charge in [-0.3, -0.25) is 4.79 Å². The smallest absolute Gasteiger partial charge is 0.340 e. The van der Waals surface area contributed by atoms with Gasteiger partial charge in [-0.15, -0.1) is 0 Å². The molecule has 0 radical (unpaired) electrons. The van der Waals surface area contributed by atoms with E-state index in [-0.39, 0.29) is 6.42 Å². The Labute approximate surface area is 70.0 Å². The minimum absolute atomic E-state index is 0.204. The van der Waals surface area contributed by atoms with Gasteiger partial charge < -0.3 is 14.9 Å². The number of rotatable bonds is 5. The molecule has 0 saturated carbocycles. The lowest BCUT2D eigenvalue weighted by atomic mass is 10.1. The molecule has 12 heavy (non-hydrogen) atoms. The van der Waals surface area contributed by atoms with Crippen molar-refractivity contribution in [1.82, 2.24) is 0 Å². The molecule has 0 heterocycles. The second-order valence-electron chi connectivity index (χ2n) is 2.47. The molecule has 0 aliphatic heterocycles. The number of carbonyl (C=O) groups excluding carboxylic acids is 1. The van der Waals surface area contributed by atoms with Gasteiger partial charge in [0.15, 0.2) is 5.78 Å². The molecule has 5 nitrogen and oxygen atoms in total. The summed E-state index contributed by atoms with van der Waals surface area (Å²) in [5, 5.41) is 17.2. The predicted molar refractivity (Wildman–Crippen MR) is 39.7 cm³/mol. The van der Waals surface area contributed by atoms with Gasteiger partial charge in [-0.05, 0) is 6.92 Å². The molecule has 2 unspecified atom stereocenters. The molecule has 0 bridgehead atoms. The number of aliphatic carboxylic acids is 1. The van der Waals surface area contributed by atoms with Crippen molar-refractivity contribution in [2.45, 2.75) is 25.6 Å². The fraction of sp³-hybridized carbons (Fsp3) is 0.714. The Morgan fingerprint density at radius 1 is 1.50 bits per heavy atom. The van der Waals surface area contributed by atoms with Gasteiger partial charge in [0.2, 0.25) is 6.10 Å². The fourth-order valence-corrected chi connectivity index (χ4v) is 0.768. The normalized spacial score (nSPS) is 15.2. The molecule has 0 aliphatic carbocycles. The number of carboxylic acid groups (broad SMARTS) is 1. The first-order valence-electron chi connectivity index (χ1n) is 3.45. The summed E-state index contributed by atoms with van der Waals surface area (Å²) in [5.41, 5.74) is 0. The van der Waals surface area contributed by atoms with Crippen LogP contribution in [0.5, 0.6) is 0 Å². The summed E-state index contributed by atoms with van der Waals surface area (Å²) in [6, 6.07) is 0. The highest BCUT2D eigenvalue weighted by Crippen LogP contribution is 2.00. The molecule has 0 spiro atoms. The zero-order valence-corrected chi connectivity index (χ0v) is 6.98. The summed E-state index contributed by atoms with van der Waals surface area (Å²) >= 11 is 0. The number of aliphatic hydroxyl groups is 1. The van der Waals surface area contributed by atoms with Crippen molar-refractivity contribution in [3.63, 3.8) is 0 Å². The van der Waals surface area contributed by atoms with Crippen molar-refractivity contribution in [3.05, 3.63) is 0 Å². The Kier molecular flexibility index (Phi) is 4.46. The summed E-state index contributed by atoms with van der Waals surface area (Å²) in [5.74, 6) is -1.96. The first kappa shape index (κ1) is 11.1. The molecule has 0 rings (SSSR count). The van der Waals surface area contributed by atoms with Crippen LogP contribution in [0.15, 0.2) is 0 Å². The topological polar surface area (TPSA) is 83.8 Å². The predicted octanol–water partition coefficient (Wildman–Crippen LogP) is -0.574. The van der Waals surface area contributed by atoms with Crippen molar-refractivity contribution in [2.24, 2.45) is 0 Å². The first-order valence-corrected chi connectivity index (χ1v) is 3.45. The second kappa shape index (κ2) is 4.84. The number of carboxylic acids is 1. The summed E-state index contributed by atoms with van der Waals surface area (Å²) in [4.78, 5) is 21.3. The lowest BCUT2D eigenvalue weighted by Gasteiger charge is -2.09. The third kappa shape index (κ3) is 3.45. The highest BCUT2D eigenvalue weighted by molar-refractivity contribution is 6.01. The van der Waals surface area contributed by atoms with Crippen LogP contribution in [-0.2, 0) is 14.3 Å². The van der Waals surface area contributed by atoms with E-state index in [2.05, 4.69) is 4.74 Å². The minimum Gasteiger partial charge on any atom is -0.479 e. The Balaban J connectivity index is 4.13. The molecular weight excluding hydrogens is 164 g/mol. The Morgan fingerprint density at radius 2 is 2.00 bits per heavy atom. The van der Waals surface area contributed by atoms with E-state index in [0.29, 0.717) is 0 Å². The van der Waals surface area contributed by atoms with Crippen LogP contribution in [0.25, 0.3) is 0 Å². The maximum atomic E-state index is 11.0. The molecule has 0 aromatic heterocycles. The second-order valence-corrected chi connectivity index (χ2v) is 2.47. The van der Waals surface area contributed by atoms with E-state index in [4.69, 9.17) is 10.2 Å². The van der Waals surface area contributed by atoms with Crippen LogP contribution in [-0.4, -0.2) is 41.3 Å². The number of hydrogen-bond acceptors (Lipinski definition) is 4. The van der Waals surface area contributed by atoms with E-state index in [9.17, 15) is 9.59 Å². The maximum absolute atomic E-state index is 11.0. The van der Waals surface area contributed by atoms with Gasteiger partial charge in [0.25, 0.3) is 0 Å². The molecule has 0 aliphatic rings. The van der Waals surface area contributed by atoms with Crippen LogP contribution in [0.1, 0.15) is 13.3 Å². The van der Waals surface area contributed by atoms with E-state index < -0.39 is 24.0 Å². The fourth-order valence-electron chi connectivity index (χ4n) is 0.768. The summed E-state index contributed by atoms with van der Waals surface area (Å²) in [6.07, 6.45) is -2.50. The molecular formula is C7H12O5. The number of aliphatic hydroxyl groups excluding tert-OH is 1. The largest absolute Gasteiger partial charge is 0.479 e. The summed E-state index contributed by atoms with van der Waals surface area (Å²) in [7, 11) is 1.14. The van der Waals surface area contributed by atoms with Crippen LogP contribution in [0.2, 0.25) is 0 Å². The van der Waals surface area contributed by atoms with Gasteiger partial charge in [-0.1, -0.05) is 0 Å². The Hall–Kier alpha value is -0.940. The zero-order valence-electron chi connectivity index (χ0n) is 6.98. The lowest BCUT2D eigenvalue weighted by molar-refractivity contribution is -0.154. The standard InChI is InChI=1S/C7H12O5/c1-4(8)3-5(9)6(12-2)7(10)11/h4,6,8H,3H2,1-2H3,(H,10,11). The molecule has 2 N–H and O–H groups in total. The zero-order chi connectivity index (χ0) is 9.72. The van der Waals surface area contributed by atoms with Crippen LogP contribution in [0, 0.1) is 0 Å². The van der Waals surface area contributed by atoms with Gasteiger partial charge in [-0.25, -0.2) is 4.79 Å². The molecule has 0 amide bonds. The molecule has 0 aromatic rings. The van der Waals surface area contributed by atoms with E-state index in [1.165, 1.54) is 6.92 Å². The third-order valence-electron chi connectivity index (χ3n) is 1.25. The van der Waals surface area contributed by atoms with Crippen LogP contribution >= 0.6 is 0 Å². The van der Waals surface area contributed by atoms with Crippen molar-refractivity contribution in [1.29, 1.82) is 0 Å². The summed E-state index contributed by atoms with van der Waals surface area (Å²) in [6.45, 7) is 1.41. The van der Waals surface area contributed by atoms with Crippen LogP contribution < -0.4 is 0 Å². The quantitative estimate of drug-likeness (QED) is 0.548. The van der Waals surface area contributed by atoms with E-state index in [1.807, 2.05) is 0 Å². The van der Waals surface area contributed by atoms with Crippen molar-refractivity contribution in [2.75, 3.05) is 7.11 Å². The van der Waals surface area contributed by atoms with E-state index in [0.717, 1.165) is 7.11 Å². The average Bonchev–Trinajstić information content (AvgIpc) is 1.85. The maximum Gasteiger partial charge on any atom is 0.340 e. The Bertz CT molecular complexity index is 175. The molecule has 0 saturated heterocycles. The molecule has 70 valence electrons. The number of methoxy groups -OCH3 is 1. The highest BCUT2D eigenvalue weighted by atomic mass is 16.5. The Morgan fingerprint density at radius 3 is 2.25 bits per heavy atom. The van der Waals surface area contributed by atoms with Crippen molar-refractivity contribution >= 4 is 11.8 Å². The minimum atomic E-state index is -1.46. The number of hydrogen-bond donors (Lipinski definition) is 2. The van der Waals surface area contributed by atoms with Crippen LogP contribution in [0.3, 0.4) is 0 Å². The molecule has 5 heteroatoms. The molecule has 2 atom stereocenters. The van der Waals surface area contributed by atoms with Gasteiger partial charge in [-0.2, -0.15) is 0 Å². The number of ketones is 1. The van der Waals surface area contributed by atoms with Gasteiger partial charge in [0.1, 0.15) is 0 Å². The van der Waals surface area contributed by atoms with Crippen molar-refractivity contribution in [3.8, 4) is 0 Å². The third-order valence-corrected chi connectivity index (χ3v) is 1.25.